The van der Waals surface area contributed by atoms with Gasteiger partial charge in [0, 0.05) is 18.1 Å². The van der Waals surface area contributed by atoms with E-state index in [1.165, 1.54) is 4.90 Å². The summed E-state index contributed by atoms with van der Waals surface area (Å²) in [5.74, 6) is 3.76. The summed E-state index contributed by atoms with van der Waals surface area (Å²) in [6.07, 6.45) is 10.7. The molecule has 106 valence electrons. The molecule has 0 spiro atoms. The molecule has 1 aromatic rings. The van der Waals surface area contributed by atoms with Crippen molar-refractivity contribution in [3.05, 3.63) is 0 Å². The maximum absolute atomic E-state index is 5.43. The third-order valence-corrected chi connectivity index (χ3v) is 2.11. The number of terminal acetylenes is 2. The Bertz CT molecular complexity index is 495. The van der Waals surface area contributed by atoms with Crippen LogP contribution in [0.2, 0.25) is 0 Å². The van der Waals surface area contributed by atoms with E-state index < -0.39 is 0 Å². The minimum atomic E-state index is 0.198. The zero-order valence-electron chi connectivity index (χ0n) is 12.3. The van der Waals surface area contributed by atoms with Crippen LogP contribution < -0.4 is 15.5 Å². The maximum atomic E-state index is 5.43. The monoisotopic (exact) mass is 272 g/mol. The number of nitrogens with one attached hydrogen (secondary N) is 2. The first-order valence-corrected chi connectivity index (χ1v) is 6.42. The van der Waals surface area contributed by atoms with E-state index in [1.807, 2.05) is 27.7 Å². The van der Waals surface area contributed by atoms with Crippen LogP contribution in [-0.2, 0) is 0 Å². The van der Waals surface area contributed by atoms with Crippen LogP contribution in [0.5, 0.6) is 0 Å². The lowest BCUT2D eigenvalue weighted by atomic mass is 10.4. The summed E-state index contributed by atoms with van der Waals surface area (Å²) in [4.78, 5) is 14.3. The van der Waals surface area contributed by atoms with E-state index in [9.17, 15) is 0 Å². The highest BCUT2D eigenvalue weighted by molar-refractivity contribution is 5.48. The van der Waals surface area contributed by atoms with Crippen molar-refractivity contribution in [1.82, 2.24) is 15.0 Å². The average molecular weight is 272 g/mol. The minimum Gasteiger partial charge on any atom is -0.352 e. The van der Waals surface area contributed by atoms with Crippen molar-refractivity contribution in [3.8, 4) is 24.8 Å². The van der Waals surface area contributed by atoms with E-state index in [0.29, 0.717) is 17.8 Å². The van der Waals surface area contributed by atoms with E-state index >= 15 is 0 Å². The number of hydrogen-bond donors (Lipinski definition) is 2. The van der Waals surface area contributed by atoms with Gasteiger partial charge in [0.1, 0.15) is 0 Å². The largest absolute Gasteiger partial charge is 0.352 e. The molecule has 1 heterocycles. The Hall–Kier alpha value is -2.47. The van der Waals surface area contributed by atoms with Crippen molar-refractivity contribution in [2.24, 2.45) is 0 Å². The molecule has 6 nitrogen and oxygen atoms in total. The van der Waals surface area contributed by atoms with Crippen LogP contribution in [-0.4, -0.2) is 33.6 Å². The highest BCUT2D eigenvalue weighted by atomic mass is 15.3. The summed E-state index contributed by atoms with van der Waals surface area (Å²) >= 11 is 0. The molecule has 0 radical (unpaired) electrons. The summed E-state index contributed by atoms with van der Waals surface area (Å²) < 4.78 is 0. The molecule has 0 aliphatic heterocycles. The zero-order chi connectivity index (χ0) is 15.1. The fourth-order valence-corrected chi connectivity index (χ4v) is 1.40. The molecule has 1 rings (SSSR count). The van der Waals surface area contributed by atoms with Gasteiger partial charge >= 0.3 is 0 Å². The Morgan fingerprint density at radius 2 is 1.50 bits per heavy atom. The lowest BCUT2D eigenvalue weighted by Crippen LogP contribution is -2.23. The van der Waals surface area contributed by atoms with Crippen LogP contribution in [0, 0.1) is 24.8 Å². The van der Waals surface area contributed by atoms with E-state index in [-0.39, 0.29) is 18.6 Å². The number of nitrogens with zero attached hydrogens (tertiary/aromatic N) is 4. The Balaban J connectivity index is 3.15. The molecule has 0 aromatic carbocycles. The topological polar surface area (TPSA) is 66.0 Å². The Morgan fingerprint density at radius 3 is 1.85 bits per heavy atom. The summed E-state index contributed by atoms with van der Waals surface area (Å²) in [7, 11) is 0. The standard InChI is InChI=1S/C14H20N6/c1-7-9-20(8-2)14-18-12(15-10(3)4)17-13(19-14)16-11(5)6/h1-2,10-11H,9H2,3-6H3,(H2,15,16,17,18,19). The highest BCUT2D eigenvalue weighted by Crippen LogP contribution is 2.14. The molecule has 0 atom stereocenters. The molecular weight excluding hydrogens is 252 g/mol. The molecule has 0 unspecified atom stereocenters. The molecule has 0 saturated carbocycles. The van der Waals surface area contributed by atoms with Gasteiger partial charge in [-0.15, -0.1) is 6.42 Å². The summed E-state index contributed by atoms with van der Waals surface area (Å²) in [5.41, 5.74) is 0. The average Bonchev–Trinajstić information content (AvgIpc) is 2.33. The second-order valence-corrected chi connectivity index (χ2v) is 4.80. The van der Waals surface area contributed by atoms with Gasteiger partial charge in [0.15, 0.2) is 0 Å². The van der Waals surface area contributed by atoms with Crippen LogP contribution in [0.4, 0.5) is 17.8 Å². The second-order valence-electron chi connectivity index (χ2n) is 4.80. The predicted molar refractivity (Wildman–Crippen MR) is 82.4 cm³/mol. The maximum Gasteiger partial charge on any atom is 0.244 e. The lowest BCUT2D eigenvalue weighted by Gasteiger charge is -2.17. The Morgan fingerprint density at radius 1 is 1.00 bits per heavy atom. The fraction of sp³-hybridized carbons (Fsp3) is 0.500. The molecule has 0 saturated heterocycles. The fourth-order valence-electron chi connectivity index (χ4n) is 1.40. The van der Waals surface area contributed by atoms with Gasteiger partial charge in [-0.1, -0.05) is 12.3 Å². The van der Waals surface area contributed by atoms with Gasteiger partial charge in [0.05, 0.1) is 6.54 Å². The van der Waals surface area contributed by atoms with Gasteiger partial charge in [-0.05, 0) is 27.7 Å². The van der Waals surface area contributed by atoms with Gasteiger partial charge in [-0.3, -0.25) is 4.90 Å². The van der Waals surface area contributed by atoms with Crippen molar-refractivity contribution in [2.75, 3.05) is 22.1 Å². The zero-order valence-corrected chi connectivity index (χ0v) is 12.3. The molecule has 20 heavy (non-hydrogen) atoms. The van der Waals surface area contributed by atoms with Crippen LogP contribution in [0.15, 0.2) is 0 Å². The van der Waals surface area contributed by atoms with Crippen molar-refractivity contribution in [1.29, 1.82) is 0 Å². The van der Waals surface area contributed by atoms with E-state index in [1.54, 1.807) is 0 Å². The summed E-state index contributed by atoms with van der Waals surface area (Å²) in [5, 5.41) is 6.26. The Labute approximate surface area is 120 Å². The van der Waals surface area contributed by atoms with Crippen molar-refractivity contribution in [2.45, 2.75) is 39.8 Å². The molecular formula is C14H20N6. The second kappa shape index (κ2) is 7.20. The molecule has 0 bridgehead atoms. The van der Waals surface area contributed by atoms with Crippen molar-refractivity contribution >= 4 is 17.8 Å². The third-order valence-electron chi connectivity index (χ3n) is 2.11. The highest BCUT2D eigenvalue weighted by Gasteiger charge is 2.12. The summed E-state index contributed by atoms with van der Waals surface area (Å²) in [6.45, 7) is 8.24. The molecule has 0 aliphatic carbocycles. The predicted octanol–water partition coefficient (Wildman–Crippen LogP) is 1.54. The molecule has 1 aromatic heterocycles. The number of rotatable bonds is 6. The number of anilines is 3. The van der Waals surface area contributed by atoms with Crippen LogP contribution >= 0.6 is 0 Å². The third kappa shape index (κ3) is 4.66. The molecule has 0 aliphatic rings. The van der Waals surface area contributed by atoms with Crippen molar-refractivity contribution in [3.63, 3.8) is 0 Å². The number of hydrogen-bond acceptors (Lipinski definition) is 6. The number of aromatic nitrogens is 3. The van der Waals surface area contributed by atoms with Gasteiger partial charge in [0.2, 0.25) is 17.8 Å². The quantitative estimate of drug-likeness (QED) is 0.605. The smallest absolute Gasteiger partial charge is 0.244 e. The molecule has 6 heteroatoms. The Kier molecular flexibility index (Phi) is 5.61. The van der Waals surface area contributed by atoms with E-state index in [0.717, 1.165) is 0 Å². The van der Waals surface area contributed by atoms with Crippen LogP contribution in [0.1, 0.15) is 27.7 Å². The van der Waals surface area contributed by atoms with Gasteiger partial charge < -0.3 is 10.6 Å². The first-order chi connectivity index (χ1) is 9.46. The summed E-state index contributed by atoms with van der Waals surface area (Å²) in [6, 6.07) is 2.86. The molecule has 0 fully saturated rings. The van der Waals surface area contributed by atoms with Crippen LogP contribution in [0.25, 0.3) is 0 Å². The van der Waals surface area contributed by atoms with E-state index in [4.69, 9.17) is 12.8 Å². The molecule has 2 N–H and O–H groups in total. The first-order valence-electron chi connectivity index (χ1n) is 6.42. The lowest BCUT2D eigenvalue weighted by molar-refractivity contribution is 0.839. The molecule has 0 amide bonds. The van der Waals surface area contributed by atoms with Crippen LogP contribution in [0.3, 0.4) is 0 Å². The SMILES string of the molecule is C#CCN(C#C)c1nc(NC(C)C)nc(NC(C)C)n1. The minimum absolute atomic E-state index is 0.198. The normalized spacial score (nSPS) is 10.0. The van der Waals surface area contributed by atoms with Gasteiger partial charge in [0.25, 0.3) is 0 Å². The first kappa shape index (κ1) is 15.6. The van der Waals surface area contributed by atoms with E-state index in [2.05, 4.69) is 37.6 Å². The van der Waals surface area contributed by atoms with Crippen molar-refractivity contribution < 1.29 is 0 Å². The van der Waals surface area contributed by atoms with Gasteiger partial charge in [-0.2, -0.15) is 15.0 Å². The van der Waals surface area contributed by atoms with Gasteiger partial charge in [-0.25, -0.2) is 0 Å².